The number of amides is 5. The minimum Gasteiger partial charge on any atom is -0.336 e. The molecule has 1 atom stereocenters. The summed E-state index contributed by atoms with van der Waals surface area (Å²) in [5, 5.41) is 8.57. The van der Waals surface area contributed by atoms with E-state index in [2.05, 4.69) is 16.0 Å². The van der Waals surface area contributed by atoms with E-state index in [4.69, 9.17) is 0 Å². The van der Waals surface area contributed by atoms with Crippen LogP contribution < -0.4 is 16.0 Å². The molecule has 2 saturated heterocycles. The van der Waals surface area contributed by atoms with Crippen LogP contribution in [-0.4, -0.2) is 60.0 Å². The Balaban J connectivity index is 1.65. The molecule has 0 saturated carbocycles. The number of nitrogens with one attached hydrogen (secondary N) is 3. The number of benzene rings is 1. The summed E-state index contributed by atoms with van der Waals surface area (Å²) in [6.45, 7) is 7.67. The Morgan fingerprint density at radius 2 is 2.00 bits per heavy atom. The maximum atomic E-state index is 12.6. The molecule has 0 radical (unpaired) electrons. The van der Waals surface area contributed by atoms with Gasteiger partial charge in [-0.15, -0.1) is 0 Å². The molecule has 8 nitrogen and oxygen atoms in total. The van der Waals surface area contributed by atoms with E-state index in [-0.39, 0.29) is 29.9 Å². The summed E-state index contributed by atoms with van der Waals surface area (Å²) in [5.74, 6) is -0.186. The molecule has 2 aliphatic rings. The number of hydrogen-bond acceptors (Lipinski definition) is 3. The average molecular weight is 359 g/mol. The highest BCUT2D eigenvalue weighted by atomic mass is 16.2. The lowest BCUT2D eigenvalue weighted by Gasteiger charge is -2.36. The molecule has 1 aromatic rings. The van der Waals surface area contributed by atoms with Gasteiger partial charge in [0.25, 0.3) is 0 Å². The van der Waals surface area contributed by atoms with Gasteiger partial charge in [-0.05, 0) is 24.6 Å². The molecule has 0 unspecified atom stereocenters. The van der Waals surface area contributed by atoms with Crippen LogP contribution >= 0.6 is 0 Å². The summed E-state index contributed by atoms with van der Waals surface area (Å²) in [4.78, 5) is 39.7. The van der Waals surface area contributed by atoms with E-state index >= 15 is 0 Å². The van der Waals surface area contributed by atoms with Crippen molar-refractivity contribution in [1.29, 1.82) is 0 Å². The maximum absolute atomic E-state index is 12.6. The smallest absolute Gasteiger partial charge is 0.321 e. The molecule has 140 valence electrons. The van der Waals surface area contributed by atoms with Crippen molar-refractivity contribution in [2.45, 2.75) is 26.8 Å². The fourth-order valence-electron chi connectivity index (χ4n) is 3.10. The fourth-order valence-corrected chi connectivity index (χ4v) is 3.10. The summed E-state index contributed by atoms with van der Waals surface area (Å²) in [5.41, 5.74) is 2.23. The largest absolute Gasteiger partial charge is 0.336 e. The Morgan fingerprint density at radius 3 is 2.73 bits per heavy atom. The Morgan fingerprint density at radius 1 is 1.23 bits per heavy atom. The molecule has 3 rings (SSSR count). The van der Waals surface area contributed by atoms with Crippen molar-refractivity contribution < 1.29 is 14.4 Å². The molecule has 0 bridgehead atoms. The van der Waals surface area contributed by atoms with Crippen molar-refractivity contribution in [3.8, 4) is 0 Å². The first-order valence-electron chi connectivity index (χ1n) is 8.87. The van der Waals surface area contributed by atoms with Crippen molar-refractivity contribution in [2.24, 2.45) is 5.92 Å². The maximum Gasteiger partial charge on any atom is 0.321 e. The second-order valence-corrected chi connectivity index (χ2v) is 7.08. The van der Waals surface area contributed by atoms with E-state index in [9.17, 15) is 14.4 Å². The number of carbonyl (C=O) groups is 3. The number of anilines is 2. The van der Waals surface area contributed by atoms with Gasteiger partial charge in [-0.25, -0.2) is 9.59 Å². The molecule has 8 heteroatoms. The molecular formula is C18H25N5O3. The van der Waals surface area contributed by atoms with E-state index < -0.39 is 0 Å². The average Bonchev–Trinajstić information content (AvgIpc) is 2.98. The standard InChI is InChI=1S/C18H25N5O3/c1-11(2)16(24)20-13-5-4-12(3)15(8-13)21-18(26)22-6-7-23-14(10-22)9-19-17(23)25/h4-5,8,11,14H,6-7,9-10H2,1-3H3,(H,19,25)(H,20,24)(H,21,26)/t14-/m1/s1. The van der Waals surface area contributed by atoms with E-state index in [0.29, 0.717) is 37.6 Å². The molecule has 26 heavy (non-hydrogen) atoms. The number of carbonyl (C=O) groups excluding carboxylic acids is 3. The number of rotatable bonds is 3. The minimum absolute atomic E-state index is 0.0276. The van der Waals surface area contributed by atoms with Crippen LogP contribution in [0, 0.1) is 12.8 Å². The van der Waals surface area contributed by atoms with Gasteiger partial charge < -0.3 is 25.8 Å². The first-order chi connectivity index (χ1) is 12.3. The van der Waals surface area contributed by atoms with E-state index in [1.54, 1.807) is 15.9 Å². The van der Waals surface area contributed by atoms with E-state index in [1.807, 2.05) is 32.9 Å². The van der Waals surface area contributed by atoms with Gasteiger partial charge in [-0.2, -0.15) is 0 Å². The summed E-state index contributed by atoms with van der Waals surface area (Å²) in [6.07, 6.45) is 0. The van der Waals surface area contributed by atoms with Crippen molar-refractivity contribution in [3.05, 3.63) is 23.8 Å². The van der Waals surface area contributed by atoms with Crippen LogP contribution in [0.4, 0.5) is 21.0 Å². The summed E-state index contributed by atoms with van der Waals surface area (Å²) in [7, 11) is 0. The molecule has 5 amide bonds. The van der Waals surface area contributed by atoms with Gasteiger partial charge in [0.2, 0.25) is 5.91 Å². The summed E-state index contributed by atoms with van der Waals surface area (Å²) < 4.78 is 0. The number of fused-ring (bicyclic) bond motifs is 1. The SMILES string of the molecule is Cc1ccc(NC(=O)C(C)C)cc1NC(=O)N1CCN2C(=O)NC[C@@H]2C1. The minimum atomic E-state index is -0.195. The van der Waals surface area contributed by atoms with Gasteiger partial charge >= 0.3 is 12.1 Å². The first kappa shape index (κ1) is 18.0. The first-order valence-corrected chi connectivity index (χ1v) is 8.87. The van der Waals surface area contributed by atoms with Crippen LogP contribution in [0.1, 0.15) is 19.4 Å². The molecule has 2 aliphatic heterocycles. The Kier molecular flexibility index (Phi) is 5.01. The van der Waals surface area contributed by atoms with Crippen molar-refractivity contribution in [1.82, 2.24) is 15.1 Å². The van der Waals surface area contributed by atoms with Crippen LogP contribution in [0.5, 0.6) is 0 Å². The third kappa shape index (κ3) is 3.74. The monoisotopic (exact) mass is 359 g/mol. The zero-order valence-electron chi connectivity index (χ0n) is 15.3. The van der Waals surface area contributed by atoms with Gasteiger partial charge in [0.05, 0.1) is 6.04 Å². The number of nitrogens with zero attached hydrogens (tertiary/aromatic N) is 2. The lowest BCUT2D eigenvalue weighted by Crippen LogP contribution is -2.54. The number of piperazine rings is 1. The van der Waals surface area contributed by atoms with Crippen molar-refractivity contribution >= 4 is 29.3 Å². The molecule has 1 aromatic carbocycles. The number of aryl methyl sites for hydroxylation is 1. The second-order valence-electron chi connectivity index (χ2n) is 7.08. The normalized spacial score (nSPS) is 19.2. The third-order valence-electron chi connectivity index (χ3n) is 4.79. The van der Waals surface area contributed by atoms with Gasteiger partial charge in [0.1, 0.15) is 0 Å². The molecule has 0 aliphatic carbocycles. The summed E-state index contributed by atoms with van der Waals surface area (Å²) in [6, 6.07) is 5.23. The van der Waals surface area contributed by atoms with Crippen LogP contribution in [0.3, 0.4) is 0 Å². The highest BCUT2D eigenvalue weighted by Gasteiger charge is 2.36. The third-order valence-corrected chi connectivity index (χ3v) is 4.79. The number of hydrogen-bond donors (Lipinski definition) is 3. The molecule has 0 aromatic heterocycles. The molecule has 2 fully saturated rings. The van der Waals surface area contributed by atoms with Crippen LogP contribution in [0.15, 0.2) is 18.2 Å². The van der Waals surface area contributed by atoms with Gasteiger partial charge in [-0.1, -0.05) is 19.9 Å². The van der Waals surface area contributed by atoms with Crippen LogP contribution in [-0.2, 0) is 4.79 Å². The molecule has 2 heterocycles. The fraction of sp³-hybridized carbons (Fsp3) is 0.500. The lowest BCUT2D eigenvalue weighted by molar-refractivity contribution is -0.118. The highest BCUT2D eigenvalue weighted by Crippen LogP contribution is 2.22. The predicted octanol–water partition coefficient (Wildman–Crippen LogP) is 1.83. The quantitative estimate of drug-likeness (QED) is 0.768. The lowest BCUT2D eigenvalue weighted by atomic mass is 10.1. The van der Waals surface area contributed by atoms with Crippen LogP contribution in [0.2, 0.25) is 0 Å². The van der Waals surface area contributed by atoms with Gasteiger partial charge in [-0.3, -0.25) is 4.79 Å². The zero-order valence-corrected chi connectivity index (χ0v) is 15.3. The molecule has 3 N–H and O–H groups in total. The Labute approximate surface area is 152 Å². The molecule has 0 spiro atoms. The van der Waals surface area contributed by atoms with Gasteiger partial charge in [0, 0.05) is 43.5 Å². The second kappa shape index (κ2) is 7.23. The Bertz CT molecular complexity index is 734. The topological polar surface area (TPSA) is 93.8 Å². The summed E-state index contributed by atoms with van der Waals surface area (Å²) >= 11 is 0. The Hall–Kier alpha value is -2.77. The van der Waals surface area contributed by atoms with Gasteiger partial charge in [0.15, 0.2) is 0 Å². The predicted molar refractivity (Wildman–Crippen MR) is 99.1 cm³/mol. The van der Waals surface area contributed by atoms with E-state index in [0.717, 1.165) is 5.56 Å². The van der Waals surface area contributed by atoms with Crippen molar-refractivity contribution in [2.75, 3.05) is 36.8 Å². The van der Waals surface area contributed by atoms with E-state index in [1.165, 1.54) is 0 Å². The number of urea groups is 2. The zero-order chi connectivity index (χ0) is 18.8. The molecular weight excluding hydrogens is 334 g/mol. The highest BCUT2D eigenvalue weighted by molar-refractivity contribution is 5.95. The van der Waals surface area contributed by atoms with Crippen LogP contribution in [0.25, 0.3) is 0 Å². The van der Waals surface area contributed by atoms with Crippen molar-refractivity contribution in [3.63, 3.8) is 0 Å².